The van der Waals surface area contributed by atoms with Crippen LogP contribution in [0.2, 0.25) is 0 Å². The summed E-state index contributed by atoms with van der Waals surface area (Å²) < 4.78 is 4.99. The number of furan rings is 1. The van der Waals surface area contributed by atoms with E-state index in [0.29, 0.717) is 17.6 Å². The van der Waals surface area contributed by atoms with Gasteiger partial charge in [0, 0.05) is 6.04 Å². The van der Waals surface area contributed by atoms with Crippen molar-refractivity contribution in [3.8, 4) is 0 Å². The van der Waals surface area contributed by atoms with Gasteiger partial charge in [-0.15, -0.1) is 0 Å². The molecule has 5 nitrogen and oxygen atoms in total. The predicted octanol–water partition coefficient (Wildman–Crippen LogP) is 3.06. The summed E-state index contributed by atoms with van der Waals surface area (Å²) in [5, 5.41) is 8.52. The van der Waals surface area contributed by atoms with Crippen LogP contribution < -0.4 is 5.48 Å². The van der Waals surface area contributed by atoms with E-state index in [1.54, 1.807) is 21.0 Å². The van der Waals surface area contributed by atoms with Gasteiger partial charge >= 0.3 is 5.97 Å². The smallest absolute Gasteiger partial charge is 0.339 e. The summed E-state index contributed by atoms with van der Waals surface area (Å²) in [7, 11) is 1.69. The van der Waals surface area contributed by atoms with Crippen LogP contribution >= 0.6 is 0 Å². The van der Waals surface area contributed by atoms with Crippen molar-refractivity contribution in [1.82, 2.24) is 5.48 Å². The molecule has 19 heavy (non-hydrogen) atoms. The third-order valence-electron chi connectivity index (χ3n) is 3.16. The van der Waals surface area contributed by atoms with Crippen LogP contribution in [0.4, 0.5) is 0 Å². The molecule has 1 aliphatic rings. The first kappa shape index (κ1) is 15.7. The Labute approximate surface area is 113 Å². The van der Waals surface area contributed by atoms with Crippen LogP contribution in [0.5, 0.6) is 0 Å². The normalized spacial score (nSPS) is 15.7. The lowest BCUT2D eigenvalue weighted by Gasteiger charge is -2.20. The van der Waals surface area contributed by atoms with Gasteiger partial charge < -0.3 is 14.4 Å². The molecule has 0 amide bonds. The van der Waals surface area contributed by atoms with Gasteiger partial charge in [-0.05, 0) is 32.8 Å². The van der Waals surface area contributed by atoms with Crippen LogP contribution in [0, 0.1) is 13.8 Å². The summed E-state index contributed by atoms with van der Waals surface area (Å²) in [4.78, 5) is 15.2. The Hall–Kier alpha value is -1.33. The Bertz CT molecular complexity index is 391. The fourth-order valence-electron chi connectivity index (χ4n) is 2.23. The molecule has 1 aliphatic carbocycles. The number of aromatic carboxylic acids is 1. The van der Waals surface area contributed by atoms with E-state index >= 15 is 0 Å². The highest BCUT2D eigenvalue weighted by Gasteiger charge is 2.11. The Morgan fingerprint density at radius 2 is 2.00 bits per heavy atom. The molecule has 1 saturated carbocycles. The van der Waals surface area contributed by atoms with Gasteiger partial charge in [-0.2, -0.15) is 5.48 Å². The number of aryl methyl sites for hydroxylation is 2. The van der Waals surface area contributed by atoms with Crippen molar-refractivity contribution in [2.24, 2.45) is 0 Å². The molecule has 0 unspecified atom stereocenters. The van der Waals surface area contributed by atoms with Gasteiger partial charge in [0.1, 0.15) is 17.1 Å². The minimum absolute atomic E-state index is 0.248. The minimum atomic E-state index is -0.936. The van der Waals surface area contributed by atoms with Crippen molar-refractivity contribution in [2.75, 3.05) is 7.11 Å². The summed E-state index contributed by atoms with van der Waals surface area (Å²) in [5.41, 5.74) is 3.23. The number of carboxylic acid groups (broad SMARTS) is 1. The van der Waals surface area contributed by atoms with Crippen LogP contribution in [-0.2, 0) is 4.84 Å². The summed E-state index contributed by atoms with van der Waals surface area (Å²) in [5.74, 6) is 0.161. The highest BCUT2D eigenvalue weighted by molar-refractivity contribution is 5.88. The first-order valence-corrected chi connectivity index (χ1v) is 6.63. The summed E-state index contributed by atoms with van der Waals surface area (Å²) in [6.07, 6.45) is 6.70. The predicted molar refractivity (Wildman–Crippen MR) is 72.2 cm³/mol. The van der Waals surface area contributed by atoms with Crippen molar-refractivity contribution in [3.05, 3.63) is 23.2 Å². The van der Waals surface area contributed by atoms with Crippen LogP contribution in [0.1, 0.15) is 54.0 Å². The largest absolute Gasteiger partial charge is 0.478 e. The maximum Gasteiger partial charge on any atom is 0.339 e. The lowest BCUT2D eigenvalue weighted by molar-refractivity contribution is 0.0489. The second-order valence-corrected chi connectivity index (χ2v) is 4.79. The molecule has 0 aliphatic heterocycles. The standard InChI is InChI=1S/C7H15NO.C7H8O3/c1-9-8-7-5-3-2-4-6-7;1-4-3-6(7(8)9)5(2)10-4/h7-8H,2-6H2,1H3;3H,1-2H3,(H,8,9). The van der Waals surface area contributed by atoms with Gasteiger partial charge in [-0.3, -0.25) is 0 Å². The van der Waals surface area contributed by atoms with E-state index in [4.69, 9.17) is 14.4 Å². The highest BCUT2D eigenvalue weighted by Crippen LogP contribution is 2.16. The third-order valence-corrected chi connectivity index (χ3v) is 3.16. The monoisotopic (exact) mass is 269 g/mol. The van der Waals surface area contributed by atoms with Crippen LogP contribution in [0.25, 0.3) is 0 Å². The number of carbonyl (C=O) groups is 1. The van der Waals surface area contributed by atoms with E-state index in [2.05, 4.69) is 5.48 Å². The average Bonchev–Trinajstić information content (AvgIpc) is 2.71. The summed E-state index contributed by atoms with van der Waals surface area (Å²) >= 11 is 0. The molecule has 2 N–H and O–H groups in total. The zero-order valence-corrected chi connectivity index (χ0v) is 11.9. The van der Waals surface area contributed by atoms with Crippen molar-refractivity contribution in [2.45, 2.75) is 52.0 Å². The Balaban J connectivity index is 0.000000191. The number of carboxylic acids is 1. The molecule has 5 heteroatoms. The van der Waals surface area contributed by atoms with E-state index in [1.165, 1.54) is 38.2 Å². The molecule has 1 fully saturated rings. The number of hydrogen-bond acceptors (Lipinski definition) is 4. The highest BCUT2D eigenvalue weighted by atomic mass is 16.6. The average molecular weight is 269 g/mol. The maximum absolute atomic E-state index is 10.4. The van der Waals surface area contributed by atoms with Crippen LogP contribution in [0.15, 0.2) is 10.5 Å². The van der Waals surface area contributed by atoms with Gasteiger partial charge in [0.25, 0.3) is 0 Å². The summed E-state index contributed by atoms with van der Waals surface area (Å²) in [6.45, 7) is 3.36. The fourth-order valence-corrected chi connectivity index (χ4v) is 2.23. The molecule has 0 saturated heterocycles. The Kier molecular flexibility index (Phi) is 6.59. The molecule has 1 heterocycles. The molecule has 0 spiro atoms. The first-order chi connectivity index (χ1) is 9.04. The maximum atomic E-state index is 10.4. The van der Waals surface area contributed by atoms with Crippen LogP contribution in [0.3, 0.4) is 0 Å². The molecular weight excluding hydrogens is 246 g/mol. The second-order valence-electron chi connectivity index (χ2n) is 4.79. The van der Waals surface area contributed by atoms with Gasteiger partial charge in [0.2, 0.25) is 0 Å². The van der Waals surface area contributed by atoms with Crippen molar-refractivity contribution in [3.63, 3.8) is 0 Å². The third kappa shape index (κ3) is 5.44. The topological polar surface area (TPSA) is 71.7 Å². The Morgan fingerprint density at radius 3 is 2.37 bits per heavy atom. The van der Waals surface area contributed by atoms with Gasteiger partial charge in [-0.25, -0.2) is 4.79 Å². The quantitative estimate of drug-likeness (QED) is 0.825. The molecule has 0 bridgehead atoms. The van der Waals surface area contributed by atoms with E-state index in [1.807, 2.05) is 0 Å². The molecule has 1 aromatic rings. The zero-order valence-electron chi connectivity index (χ0n) is 11.9. The van der Waals surface area contributed by atoms with Crippen molar-refractivity contribution in [1.29, 1.82) is 0 Å². The molecular formula is C14H23NO4. The second kappa shape index (κ2) is 7.96. The van der Waals surface area contributed by atoms with Crippen molar-refractivity contribution >= 4 is 5.97 Å². The zero-order chi connectivity index (χ0) is 14.3. The number of hydrogen-bond donors (Lipinski definition) is 2. The molecule has 0 aromatic carbocycles. The number of nitrogens with one attached hydrogen (secondary N) is 1. The van der Waals surface area contributed by atoms with E-state index < -0.39 is 5.97 Å². The van der Waals surface area contributed by atoms with Gasteiger partial charge in [0.05, 0.1) is 7.11 Å². The summed E-state index contributed by atoms with van der Waals surface area (Å²) in [6, 6.07) is 2.14. The minimum Gasteiger partial charge on any atom is -0.478 e. The lowest BCUT2D eigenvalue weighted by atomic mass is 9.96. The SMILES string of the molecule is CONC1CCCCC1.Cc1cc(C(=O)O)c(C)o1. The fraction of sp³-hybridized carbons (Fsp3) is 0.643. The Morgan fingerprint density at radius 1 is 1.37 bits per heavy atom. The number of rotatable bonds is 3. The number of hydroxylamine groups is 1. The van der Waals surface area contributed by atoms with E-state index in [9.17, 15) is 4.79 Å². The van der Waals surface area contributed by atoms with E-state index in [-0.39, 0.29) is 5.56 Å². The molecule has 1 aromatic heterocycles. The first-order valence-electron chi connectivity index (χ1n) is 6.63. The van der Waals surface area contributed by atoms with Crippen molar-refractivity contribution < 1.29 is 19.2 Å². The molecule has 2 rings (SSSR count). The molecule has 0 atom stereocenters. The molecule has 0 radical (unpaired) electrons. The van der Waals surface area contributed by atoms with Gasteiger partial charge in [-0.1, -0.05) is 19.3 Å². The van der Waals surface area contributed by atoms with E-state index in [0.717, 1.165) is 0 Å². The van der Waals surface area contributed by atoms with Gasteiger partial charge in [0.15, 0.2) is 0 Å². The van der Waals surface area contributed by atoms with Crippen LogP contribution in [-0.4, -0.2) is 24.2 Å². The molecule has 108 valence electrons. The lowest BCUT2D eigenvalue weighted by Crippen LogP contribution is -2.29.